The molecule has 1 saturated carbocycles. The number of pyridine rings is 1. The highest BCUT2D eigenvalue weighted by Crippen LogP contribution is 2.45. The summed E-state index contributed by atoms with van der Waals surface area (Å²) in [6, 6.07) is 6.63. The standard InChI is InChI=1S/C22H24F2N2O5/c1-28-17-9-13-14-8-11(27)4-6-16(14)25-20(15(13)10-18(17)31-22(23)24)12-5-7-19(29-2)26-21(12)30-3/h5,7,9-11,14,16,22,27H,4,6,8H2,1-3H3. The number of aliphatic hydroxyl groups excluding tert-OH is 1. The third-order valence-corrected chi connectivity index (χ3v) is 5.78. The van der Waals surface area contributed by atoms with E-state index in [-0.39, 0.29) is 23.5 Å². The Bertz CT molecular complexity index is 998. The first kappa shape index (κ1) is 21.3. The lowest BCUT2D eigenvalue weighted by molar-refractivity contribution is -0.0512. The fourth-order valence-corrected chi connectivity index (χ4v) is 4.38. The van der Waals surface area contributed by atoms with Crippen LogP contribution in [0.4, 0.5) is 8.78 Å². The highest BCUT2D eigenvalue weighted by molar-refractivity contribution is 6.16. The van der Waals surface area contributed by atoms with Crippen LogP contribution < -0.4 is 18.9 Å². The first-order valence-electron chi connectivity index (χ1n) is 9.97. The predicted molar refractivity (Wildman–Crippen MR) is 109 cm³/mol. The average molecular weight is 434 g/mol. The van der Waals surface area contributed by atoms with Crippen LogP contribution in [0.25, 0.3) is 0 Å². The smallest absolute Gasteiger partial charge is 0.387 e. The summed E-state index contributed by atoms with van der Waals surface area (Å²) in [5.41, 5.74) is 2.67. The Morgan fingerprint density at radius 1 is 1.00 bits per heavy atom. The molecule has 0 amide bonds. The average Bonchev–Trinajstić information content (AvgIpc) is 2.77. The second-order valence-electron chi connectivity index (χ2n) is 7.50. The number of methoxy groups -OCH3 is 3. The number of ether oxygens (including phenoxy) is 4. The molecule has 9 heteroatoms. The van der Waals surface area contributed by atoms with Crippen LogP contribution in [0.2, 0.25) is 0 Å². The van der Waals surface area contributed by atoms with Gasteiger partial charge in [0.1, 0.15) is 0 Å². The van der Waals surface area contributed by atoms with Crippen LogP contribution >= 0.6 is 0 Å². The van der Waals surface area contributed by atoms with Gasteiger partial charge in [-0.3, -0.25) is 4.99 Å². The molecule has 2 heterocycles. The molecule has 1 aromatic carbocycles. The van der Waals surface area contributed by atoms with E-state index in [4.69, 9.17) is 23.9 Å². The summed E-state index contributed by atoms with van der Waals surface area (Å²) in [5.74, 6) is 0.755. The van der Waals surface area contributed by atoms with Gasteiger partial charge in [-0.2, -0.15) is 13.8 Å². The van der Waals surface area contributed by atoms with Gasteiger partial charge < -0.3 is 24.1 Å². The van der Waals surface area contributed by atoms with E-state index >= 15 is 0 Å². The molecule has 0 bridgehead atoms. The summed E-state index contributed by atoms with van der Waals surface area (Å²) in [5, 5.41) is 10.2. The van der Waals surface area contributed by atoms with Crippen molar-refractivity contribution in [3.05, 3.63) is 41.0 Å². The molecule has 2 aromatic rings. The summed E-state index contributed by atoms with van der Waals surface area (Å²) in [6.45, 7) is -3.00. The highest BCUT2D eigenvalue weighted by atomic mass is 19.3. The third kappa shape index (κ3) is 4.01. The topological polar surface area (TPSA) is 82.4 Å². The van der Waals surface area contributed by atoms with Gasteiger partial charge in [0.05, 0.1) is 44.8 Å². The second kappa shape index (κ2) is 8.66. The zero-order valence-corrected chi connectivity index (χ0v) is 17.5. The summed E-state index contributed by atoms with van der Waals surface area (Å²) >= 11 is 0. The number of aromatic nitrogens is 1. The zero-order chi connectivity index (χ0) is 22.1. The van der Waals surface area contributed by atoms with Crippen LogP contribution in [0.5, 0.6) is 23.3 Å². The first-order chi connectivity index (χ1) is 14.9. The van der Waals surface area contributed by atoms with E-state index in [9.17, 15) is 13.9 Å². The van der Waals surface area contributed by atoms with E-state index in [2.05, 4.69) is 4.98 Å². The van der Waals surface area contributed by atoms with Crippen molar-refractivity contribution in [2.24, 2.45) is 4.99 Å². The molecule has 1 aromatic heterocycles. The van der Waals surface area contributed by atoms with Gasteiger partial charge in [-0.1, -0.05) is 0 Å². The fraction of sp³-hybridized carbons (Fsp3) is 0.455. The van der Waals surface area contributed by atoms with Crippen molar-refractivity contribution >= 4 is 5.71 Å². The monoisotopic (exact) mass is 434 g/mol. The third-order valence-electron chi connectivity index (χ3n) is 5.78. The molecule has 0 saturated heterocycles. The summed E-state index contributed by atoms with van der Waals surface area (Å²) in [6.07, 6.45) is 1.45. The minimum Gasteiger partial charge on any atom is -0.493 e. The van der Waals surface area contributed by atoms with E-state index in [1.165, 1.54) is 27.4 Å². The minimum absolute atomic E-state index is 0.0609. The molecule has 1 aliphatic carbocycles. The predicted octanol–water partition coefficient (Wildman–Crippen LogP) is 3.56. The second-order valence-corrected chi connectivity index (χ2v) is 7.50. The lowest BCUT2D eigenvalue weighted by Crippen LogP contribution is -2.34. The van der Waals surface area contributed by atoms with Crippen LogP contribution in [-0.4, -0.2) is 55.9 Å². The molecule has 31 heavy (non-hydrogen) atoms. The largest absolute Gasteiger partial charge is 0.493 e. The van der Waals surface area contributed by atoms with E-state index in [1.54, 1.807) is 18.2 Å². The van der Waals surface area contributed by atoms with Crippen LogP contribution in [0.1, 0.15) is 41.9 Å². The van der Waals surface area contributed by atoms with Crippen molar-refractivity contribution < 1.29 is 32.8 Å². The van der Waals surface area contributed by atoms with Crippen molar-refractivity contribution in [2.45, 2.75) is 43.9 Å². The molecule has 1 N–H and O–H groups in total. The Morgan fingerprint density at radius 2 is 1.81 bits per heavy atom. The molecule has 1 aliphatic heterocycles. The number of hydrogen-bond donors (Lipinski definition) is 1. The molecule has 4 rings (SSSR count). The number of aliphatic imine (C=N–C) groups is 1. The van der Waals surface area contributed by atoms with E-state index in [0.29, 0.717) is 47.9 Å². The SMILES string of the molecule is COc1ccc(C2=NC3CCC(O)CC3c3cc(OC)c(OC(F)F)cc32)c(OC)n1. The molecule has 2 aliphatic rings. The number of alkyl halides is 2. The molecule has 0 spiro atoms. The molecule has 3 unspecified atom stereocenters. The Hall–Kier alpha value is -2.94. The number of rotatable bonds is 6. The van der Waals surface area contributed by atoms with Crippen LogP contribution in [0.3, 0.4) is 0 Å². The number of benzene rings is 1. The fourth-order valence-electron chi connectivity index (χ4n) is 4.38. The molecular formula is C22H24F2N2O5. The van der Waals surface area contributed by atoms with Gasteiger partial charge >= 0.3 is 6.61 Å². The normalized spacial score (nSPS) is 22.3. The Labute approximate surface area is 178 Å². The number of hydrogen-bond acceptors (Lipinski definition) is 7. The van der Waals surface area contributed by atoms with Gasteiger partial charge in [-0.15, -0.1) is 0 Å². The van der Waals surface area contributed by atoms with E-state index < -0.39 is 12.7 Å². The van der Waals surface area contributed by atoms with Crippen molar-refractivity contribution in [3.8, 4) is 23.3 Å². The van der Waals surface area contributed by atoms with Crippen molar-refractivity contribution in [2.75, 3.05) is 21.3 Å². The molecule has 3 atom stereocenters. The van der Waals surface area contributed by atoms with Crippen LogP contribution in [-0.2, 0) is 0 Å². The number of aliphatic hydroxyl groups is 1. The number of nitrogens with zero attached hydrogens (tertiary/aromatic N) is 2. The highest BCUT2D eigenvalue weighted by Gasteiger charge is 2.38. The van der Waals surface area contributed by atoms with Crippen LogP contribution in [0, 0.1) is 0 Å². The first-order valence-corrected chi connectivity index (χ1v) is 9.97. The lowest BCUT2D eigenvalue weighted by Gasteiger charge is -2.37. The quantitative estimate of drug-likeness (QED) is 0.749. The number of fused-ring (bicyclic) bond motifs is 3. The zero-order valence-electron chi connectivity index (χ0n) is 17.5. The van der Waals surface area contributed by atoms with Gasteiger partial charge in [0.25, 0.3) is 0 Å². The summed E-state index contributed by atoms with van der Waals surface area (Å²) < 4.78 is 46.7. The van der Waals surface area contributed by atoms with Gasteiger partial charge in [-0.25, -0.2) is 0 Å². The lowest BCUT2D eigenvalue weighted by atomic mass is 9.74. The molecule has 0 radical (unpaired) electrons. The molecule has 1 fully saturated rings. The Balaban J connectivity index is 1.91. The molecular weight excluding hydrogens is 410 g/mol. The van der Waals surface area contributed by atoms with Crippen molar-refractivity contribution in [1.29, 1.82) is 0 Å². The molecule has 7 nitrogen and oxygen atoms in total. The summed E-state index contributed by atoms with van der Waals surface area (Å²) in [4.78, 5) is 9.29. The van der Waals surface area contributed by atoms with Crippen molar-refractivity contribution in [3.63, 3.8) is 0 Å². The van der Waals surface area contributed by atoms with Gasteiger partial charge in [0, 0.05) is 17.5 Å². The Kier molecular flexibility index (Phi) is 5.95. The van der Waals surface area contributed by atoms with Gasteiger partial charge in [0.15, 0.2) is 11.5 Å². The van der Waals surface area contributed by atoms with E-state index in [0.717, 1.165) is 5.56 Å². The maximum atomic E-state index is 13.0. The Morgan fingerprint density at radius 3 is 2.48 bits per heavy atom. The van der Waals surface area contributed by atoms with Gasteiger partial charge in [0.2, 0.25) is 11.8 Å². The van der Waals surface area contributed by atoms with E-state index in [1.807, 2.05) is 0 Å². The minimum atomic E-state index is -3.00. The van der Waals surface area contributed by atoms with Gasteiger partial charge in [-0.05, 0) is 43.0 Å². The van der Waals surface area contributed by atoms with Crippen molar-refractivity contribution in [1.82, 2.24) is 4.98 Å². The summed E-state index contributed by atoms with van der Waals surface area (Å²) in [7, 11) is 4.41. The van der Waals surface area contributed by atoms with Crippen LogP contribution in [0.15, 0.2) is 29.3 Å². The number of halogens is 2. The molecule has 166 valence electrons. The maximum Gasteiger partial charge on any atom is 0.387 e. The maximum absolute atomic E-state index is 13.0.